The molecule has 4 aliphatic rings. The van der Waals surface area contributed by atoms with E-state index in [1.54, 1.807) is 11.9 Å². The van der Waals surface area contributed by atoms with Crippen molar-refractivity contribution in [2.75, 3.05) is 63.6 Å². The molecule has 7 aromatic rings. The zero-order valence-electron chi connectivity index (χ0n) is 39.3. The number of nitriles is 2. The number of thiophene rings is 1. The van der Waals surface area contributed by atoms with Gasteiger partial charge in [-0.3, -0.25) is 14.6 Å². The highest BCUT2D eigenvalue weighted by molar-refractivity contribution is 7.23. The Bertz CT molecular complexity index is 3220. The normalized spacial score (nSPS) is 21.5. The molecule has 4 aliphatic heterocycles. The molecule has 2 N–H and O–H groups in total. The number of alkyl halides is 1. The number of likely N-dealkylation sites (N-methyl/N-ethyl adjacent to an activating group) is 1. The van der Waals surface area contributed by atoms with Crippen LogP contribution < -0.4 is 20.1 Å². The summed E-state index contributed by atoms with van der Waals surface area (Å²) in [5, 5.41) is 20.5. The van der Waals surface area contributed by atoms with Crippen LogP contribution in [0.2, 0.25) is 5.02 Å². The van der Waals surface area contributed by atoms with Crippen molar-refractivity contribution >= 4 is 60.7 Å². The summed E-state index contributed by atoms with van der Waals surface area (Å²) in [6, 6.07) is 36.3. The third-order valence-corrected chi connectivity index (χ3v) is 16.4. The van der Waals surface area contributed by atoms with E-state index in [1.807, 2.05) is 65.6 Å². The van der Waals surface area contributed by atoms with Crippen molar-refractivity contribution in [3.8, 4) is 35.0 Å². The molecule has 1 amide bonds. The molecule has 3 saturated heterocycles. The highest BCUT2D eigenvalue weighted by Crippen LogP contribution is 2.52. The Kier molecular flexibility index (Phi) is 12.4. The van der Waals surface area contributed by atoms with Gasteiger partial charge in [-0.25, -0.2) is 13.2 Å². The average Bonchev–Trinajstić information content (AvgIpc) is 3.89. The second-order valence-electron chi connectivity index (χ2n) is 19.1. The van der Waals surface area contributed by atoms with Crippen molar-refractivity contribution in [3.63, 3.8) is 0 Å². The summed E-state index contributed by atoms with van der Waals surface area (Å²) in [6.07, 6.45) is 1.21. The van der Waals surface area contributed by atoms with Gasteiger partial charge in [-0.2, -0.15) is 20.5 Å². The number of nitrogens with zero attached hydrogens (tertiary/aromatic N) is 8. The Balaban J connectivity index is 0.947. The fraction of sp³-hybridized carbons (Fsp3) is 0.327. The number of nitrogens with two attached hydrogens (primary N) is 1. The first kappa shape index (κ1) is 47.4. The average molecular weight is 1010 g/mol. The predicted octanol–water partition coefficient (Wildman–Crippen LogP) is 9.86. The molecule has 0 saturated carbocycles. The Morgan fingerprint density at radius 3 is 2.32 bits per heavy atom. The fourth-order valence-corrected chi connectivity index (χ4v) is 12.9. The predicted molar refractivity (Wildman–Crippen MR) is 272 cm³/mol. The molecule has 0 bridgehead atoms. The van der Waals surface area contributed by atoms with E-state index in [1.165, 1.54) is 12.1 Å². The minimum Gasteiger partial charge on any atom is -0.489 e. The molecule has 366 valence electrons. The van der Waals surface area contributed by atoms with E-state index in [2.05, 4.69) is 57.3 Å². The van der Waals surface area contributed by atoms with Gasteiger partial charge in [0.15, 0.2) is 11.6 Å². The second kappa shape index (κ2) is 18.9. The lowest BCUT2D eigenvalue weighted by atomic mass is 9.76. The molecule has 0 radical (unpaired) electrons. The number of hydrogen-bond acceptors (Lipinski definition) is 12. The topological polar surface area (TPSA) is 148 Å². The molecule has 0 aliphatic carbocycles. The fourth-order valence-electron chi connectivity index (χ4n) is 11.6. The van der Waals surface area contributed by atoms with Gasteiger partial charge in [-0.15, -0.1) is 11.3 Å². The van der Waals surface area contributed by atoms with Crippen molar-refractivity contribution in [2.24, 2.45) is 0 Å². The summed E-state index contributed by atoms with van der Waals surface area (Å²) in [7, 11) is 1.79. The smallest absolute Gasteiger partial charge is 0.319 e. The van der Waals surface area contributed by atoms with Crippen LogP contribution in [0.25, 0.3) is 32.1 Å². The van der Waals surface area contributed by atoms with Crippen molar-refractivity contribution in [1.82, 2.24) is 24.7 Å². The van der Waals surface area contributed by atoms with Crippen LogP contribution in [0.1, 0.15) is 54.4 Å². The number of nitrogen functional groups attached to an aromatic ring is 1. The van der Waals surface area contributed by atoms with Crippen LogP contribution in [-0.4, -0.2) is 107 Å². The summed E-state index contributed by atoms with van der Waals surface area (Å²) in [6.45, 7) is 2.08. The van der Waals surface area contributed by atoms with Crippen LogP contribution in [0.15, 0.2) is 103 Å². The monoisotopic (exact) mass is 1010 g/mol. The van der Waals surface area contributed by atoms with Gasteiger partial charge >= 0.3 is 6.01 Å². The quantitative estimate of drug-likeness (QED) is 0.0820. The molecular formula is C55H49ClF3N9O3S. The summed E-state index contributed by atoms with van der Waals surface area (Å²) >= 11 is 8.10. The Morgan fingerprint density at radius 1 is 0.986 bits per heavy atom. The van der Waals surface area contributed by atoms with Gasteiger partial charge in [0.05, 0.1) is 50.3 Å². The Labute approximate surface area is 423 Å². The number of hydrogen-bond donors (Lipinski definition) is 1. The zero-order valence-corrected chi connectivity index (χ0v) is 40.9. The number of aromatic nitrogens is 2. The molecule has 5 aromatic carbocycles. The molecule has 72 heavy (non-hydrogen) atoms. The molecular weight excluding hydrogens is 959 g/mol. The van der Waals surface area contributed by atoms with Gasteiger partial charge < -0.3 is 25.0 Å². The van der Waals surface area contributed by atoms with Crippen LogP contribution in [0.3, 0.4) is 0 Å². The third-order valence-electron chi connectivity index (χ3n) is 15.0. The van der Waals surface area contributed by atoms with Crippen molar-refractivity contribution in [1.29, 1.82) is 10.5 Å². The van der Waals surface area contributed by atoms with Crippen LogP contribution in [0.5, 0.6) is 11.8 Å². The minimum absolute atomic E-state index is 0.0246. The van der Waals surface area contributed by atoms with E-state index in [4.69, 9.17) is 31.8 Å². The summed E-state index contributed by atoms with van der Waals surface area (Å²) < 4.78 is 61.0. The van der Waals surface area contributed by atoms with Gasteiger partial charge in [0, 0.05) is 50.6 Å². The number of ether oxygens (including phenoxy) is 2. The summed E-state index contributed by atoms with van der Waals surface area (Å²) in [4.78, 5) is 32.2. The van der Waals surface area contributed by atoms with Crippen molar-refractivity contribution in [2.45, 2.75) is 61.4 Å². The van der Waals surface area contributed by atoms with E-state index in [0.29, 0.717) is 32.5 Å². The molecule has 3 fully saturated rings. The second-order valence-corrected chi connectivity index (χ2v) is 20.5. The molecule has 0 spiro atoms. The Hall–Kier alpha value is -6.95. The first-order valence-electron chi connectivity index (χ1n) is 24.1. The highest BCUT2D eigenvalue weighted by atomic mass is 35.5. The van der Waals surface area contributed by atoms with E-state index in [0.717, 1.165) is 41.0 Å². The molecule has 2 unspecified atom stereocenters. The Morgan fingerprint density at radius 2 is 1.67 bits per heavy atom. The van der Waals surface area contributed by atoms with Crippen molar-refractivity contribution in [3.05, 3.63) is 142 Å². The molecule has 17 heteroatoms. The molecule has 5 atom stereocenters. The molecule has 12 nitrogen and oxygen atoms in total. The number of anilines is 2. The summed E-state index contributed by atoms with van der Waals surface area (Å²) in [5.41, 5.74) is 7.66. The number of carbonyl (C=O) groups excluding carboxylic acids is 1. The lowest BCUT2D eigenvalue weighted by Crippen LogP contribution is -2.44. The first-order valence-corrected chi connectivity index (χ1v) is 25.3. The standard InChI is InChI=1S/C55H49ClF3N9O3S/c1-65(52(69)41-30-68(41)55(33-13-5-2-6-14-33,34-15-7-3-8-16-34)35-17-9-4-10-18-35)24-12-26-67-37(21-23-60)31-70-48-44-47(63-53(64-51(44)67)71-32-54-22-11-25-66(54)29-36(57)27-54)46(59)43(45(48)56)38-19-20-40(58)49-42(38)39(28-61)50(62)72-49/h2-10,13-20,36-37,41H,11-12,21-22,24-27,29-32,62H2,1H3/t36-,37?,41-,54+,68?/m1/s1. The van der Waals surface area contributed by atoms with Gasteiger partial charge in [0.1, 0.15) is 53.6 Å². The summed E-state index contributed by atoms with van der Waals surface area (Å²) in [5.74, 6) is -1.36. The van der Waals surface area contributed by atoms with Crippen LogP contribution in [0, 0.1) is 34.3 Å². The molecule has 2 aromatic heterocycles. The maximum Gasteiger partial charge on any atom is 0.319 e. The number of amides is 1. The van der Waals surface area contributed by atoms with E-state index < -0.39 is 41.0 Å². The number of benzene rings is 5. The number of fused-ring (bicyclic) bond motifs is 2. The molecule has 6 heterocycles. The number of rotatable bonds is 14. The van der Waals surface area contributed by atoms with Gasteiger partial charge in [0.25, 0.3) is 0 Å². The SMILES string of the molecule is CN(CCCN1c2nc(OC[C@@]34CCCN3C[C@H](F)C4)nc3c(F)c(-c4ccc(F)c5sc(N)c(C#N)c45)c(Cl)c(c23)OCC1CC#N)C(=O)[C@H]1CN1C(c1ccccc1)(c1ccccc1)c1ccccc1. The lowest BCUT2D eigenvalue weighted by molar-refractivity contribution is -0.130. The third kappa shape index (κ3) is 7.83. The lowest BCUT2D eigenvalue weighted by Gasteiger charge is -2.38. The zero-order chi connectivity index (χ0) is 49.9. The van der Waals surface area contributed by atoms with E-state index in [9.17, 15) is 19.7 Å². The van der Waals surface area contributed by atoms with Gasteiger partial charge in [-0.1, -0.05) is 109 Å². The van der Waals surface area contributed by atoms with Gasteiger partial charge in [0.2, 0.25) is 5.91 Å². The highest BCUT2D eigenvalue weighted by Gasteiger charge is 2.56. The first-order chi connectivity index (χ1) is 35.0. The van der Waals surface area contributed by atoms with Crippen LogP contribution in [-0.2, 0) is 10.3 Å². The van der Waals surface area contributed by atoms with E-state index >= 15 is 8.78 Å². The van der Waals surface area contributed by atoms with E-state index in [-0.39, 0.29) is 104 Å². The minimum atomic E-state index is -1.02. The maximum absolute atomic E-state index is 17.8. The maximum atomic E-state index is 17.8. The number of halogens is 4. The molecule has 11 rings (SSSR count). The van der Waals surface area contributed by atoms with Crippen molar-refractivity contribution < 1.29 is 27.4 Å². The largest absolute Gasteiger partial charge is 0.489 e. The van der Waals surface area contributed by atoms with Crippen LogP contribution >= 0.6 is 22.9 Å². The van der Waals surface area contributed by atoms with Gasteiger partial charge in [-0.05, 0) is 54.1 Å². The number of carbonyl (C=O) groups is 1. The van der Waals surface area contributed by atoms with Crippen LogP contribution in [0.4, 0.5) is 24.0 Å².